The minimum absolute atomic E-state index is 0.0666. The van der Waals surface area contributed by atoms with E-state index >= 15 is 0 Å². The summed E-state index contributed by atoms with van der Waals surface area (Å²) in [6, 6.07) is 14.4. The van der Waals surface area contributed by atoms with Crippen molar-refractivity contribution in [1.82, 2.24) is 20.2 Å². The highest BCUT2D eigenvalue weighted by Gasteiger charge is 2.41. The third kappa shape index (κ3) is 5.66. The topological polar surface area (TPSA) is 78.4 Å². The number of likely N-dealkylation sites (N-methyl/N-ethyl adjacent to an activating group) is 1. The molecule has 198 valence electrons. The number of carbonyl (C=O) groups is 2. The first-order chi connectivity index (χ1) is 18.3. The van der Waals surface area contributed by atoms with Crippen LogP contribution < -0.4 is 10.2 Å². The van der Waals surface area contributed by atoms with E-state index in [9.17, 15) is 18.4 Å². The van der Waals surface area contributed by atoms with Crippen molar-refractivity contribution in [3.63, 3.8) is 0 Å². The molecular weight excluding hydrogens is 488 g/mol. The summed E-state index contributed by atoms with van der Waals surface area (Å²) in [6.45, 7) is 1.53. The minimum Gasteiger partial charge on any atom is -0.350 e. The maximum atomic E-state index is 14.9. The van der Waals surface area contributed by atoms with E-state index in [0.717, 1.165) is 18.4 Å². The van der Waals surface area contributed by atoms with Gasteiger partial charge in [0.05, 0.1) is 19.1 Å². The van der Waals surface area contributed by atoms with Gasteiger partial charge in [-0.3, -0.25) is 9.59 Å². The van der Waals surface area contributed by atoms with E-state index in [1.165, 1.54) is 11.0 Å². The van der Waals surface area contributed by atoms with Gasteiger partial charge in [0.2, 0.25) is 11.8 Å². The molecule has 0 spiro atoms. The SMILES string of the molecule is Cc1nccc(N(C)CC(=O)N2C[C@H](F)C[C@H]2C(=O)N[C@@H](c2ccccc2)c2ccc(C3CC3)c(F)c2)n1. The predicted molar refractivity (Wildman–Crippen MR) is 140 cm³/mol. The van der Waals surface area contributed by atoms with Crippen LogP contribution in [0, 0.1) is 12.7 Å². The Morgan fingerprint density at radius 3 is 2.58 bits per heavy atom. The van der Waals surface area contributed by atoms with E-state index < -0.39 is 24.2 Å². The Bertz CT molecular complexity index is 1320. The van der Waals surface area contributed by atoms with Crippen molar-refractivity contribution < 1.29 is 18.4 Å². The van der Waals surface area contributed by atoms with Gasteiger partial charge in [0, 0.05) is 19.7 Å². The van der Waals surface area contributed by atoms with Crippen molar-refractivity contribution in [3.05, 3.63) is 89.1 Å². The van der Waals surface area contributed by atoms with Gasteiger partial charge in [-0.1, -0.05) is 42.5 Å². The lowest BCUT2D eigenvalue weighted by atomic mass is 9.96. The van der Waals surface area contributed by atoms with E-state index in [1.54, 1.807) is 37.2 Å². The Hall–Kier alpha value is -3.88. The first kappa shape index (κ1) is 25.8. The lowest BCUT2D eigenvalue weighted by molar-refractivity contribution is -0.137. The summed E-state index contributed by atoms with van der Waals surface area (Å²) in [6.07, 6.45) is 2.16. The molecule has 1 aliphatic carbocycles. The van der Waals surface area contributed by atoms with E-state index in [1.807, 2.05) is 36.4 Å². The molecule has 38 heavy (non-hydrogen) atoms. The first-order valence-electron chi connectivity index (χ1n) is 12.9. The molecule has 1 aromatic heterocycles. The molecule has 1 saturated heterocycles. The summed E-state index contributed by atoms with van der Waals surface area (Å²) in [5, 5.41) is 2.98. The van der Waals surface area contributed by atoms with Gasteiger partial charge in [0.1, 0.15) is 29.7 Å². The number of hydrogen-bond donors (Lipinski definition) is 1. The number of benzene rings is 2. The molecule has 2 aliphatic rings. The number of amides is 2. The molecule has 1 aliphatic heterocycles. The third-order valence-electron chi connectivity index (χ3n) is 7.19. The van der Waals surface area contributed by atoms with E-state index in [4.69, 9.17) is 0 Å². The monoisotopic (exact) mass is 519 g/mol. The summed E-state index contributed by atoms with van der Waals surface area (Å²) in [5.41, 5.74) is 2.06. The minimum atomic E-state index is -1.31. The number of likely N-dealkylation sites (tertiary alicyclic amines) is 1. The zero-order valence-electron chi connectivity index (χ0n) is 21.5. The molecule has 2 aromatic carbocycles. The zero-order chi connectivity index (χ0) is 26.8. The summed E-state index contributed by atoms with van der Waals surface area (Å²) in [5.74, 6) is 0.253. The van der Waals surface area contributed by atoms with Gasteiger partial charge in [-0.15, -0.1) is 0 Å². The van der Waals surface area contributed by atoms with Crippen LogP contribution in [0.5, 0.6) is 0 Å². The quantitative estimate of drug-likeness (QED) is 0.485. The molecule has 5 rings (SSSR count). The molecule has 1 saturated carbocycles. The smallest absolute Gasteiger partial charge is 0.243 e. The lowest BCUT2D eigenvalue weighted by Crippen LogP contribution is -2.49. The van der Waals surface area contributed by atoms with Gasteiger partial charge in [0.15, 0.2) is 0 Å². The highest BCUT2D eigenvalue weighted by molar-refractivity contribution is 5.90. The fourth-order valence-electron chi connectivity index (χ4n) is 5.03. The molecule has 2 heterocycles. The second-order valence-corrected chi connectivity index (χ2v) is 10.1. The van der Waals surface area contributed by atoms with Gasteiger partial charge in [-0.05, 0) is 54.5 Å². The summed E-state index contributed by atoms with van der Waals surface area (Å²) < 4.78 is 29.5. The molecule has 0 radical (unpaired) electrons. The predicted octanol–water partition coefficient (Wildman–Crippen LogP) is 4.08. The highest BCUT2D eigenvalue weighted by atomic mass is 19.1. The zero-order valence-corrected chi connectivity index (χ0v) is 21.5. The average Bonchev–Trinajstić information content (AvgIpc) is 3.67. The van der Waals surface area contributed by atoms with E-state index in [-0.39, 0.29) is 37.2 Å². The van der Waals surface area contributed by atoms with Crippen LogP contribution in [0.2, 0.25) is 0 Å². The van der Waals surface area contributed by atoms with Gasteiger partial charge in [-0.25, -0.2) is 18.7 Å². The molecule has 9 heteroatoms. The molecule has 7 nitrogen and oxygen atoms in total. The maximum absolute atomic E-state index is 14.9. The Morgan fingerprint density at radius 1 is 1.13 bits per heavy atom. The van der Waals surface area contributed by atoms with Crippen LogP contribution in [0.3, 0.4) is 0 Å². The Morgan fingerprint density at radius 2 is 1.89 bits per heavy atom. The highest BCUT2D eigenvalue weighted by Crippen LogP contribution is 2.42. The molecule has 0 unspecified atom stereocenters. The molecule has 3 atom stereocenters. The summed E-state index contributed by atoms with van der Waals surface area (Å²) in [4.78, 5) is 38.1. The van der Waals surface area contributed by atoms with Gasteiger partial charge in [0.25, 0.3) is 0 Å². The lowest BCUT2D eigenvalue weighted by Gasteiger charge is -2.28. The number of alkyl halides is 1. The van der Waals surface area contributed by atoms with Crippen LogP contribution in [0.15, 0.2) is 60.8 Å². The van der Waals surface area contributed by atoms with E-state index in [2.05, 4.69) is 15.3 Å². The normalized spacial score (nSPS) is 19.7. The van der Waals surface area contributed by atoms with Crippen LogP contribution in [-0.4, -0.2) is 59.0 Å². The number of nitrogens with zero attached hydrogens (tertiary/aromatic N) is 4. The molecule has 2 fully saturated rings. The van der Waals surface area contributed by atoms with Crippen molar-refractivity contribution >= 4 is 17.6 Å². The average molecular weight is 520 g/mol. The number of aryl methyl sites for hydroxylation is 1. The summed E-state index contributed by atoms with van der Waals surface area (Å²) >= 11 is 0. The van der Waals surface area contributed by atoms with E-state index in [0.29, 0.717) is 22.8 Å². The second kappa shape index (κ2) is 10.8. The van der Waals surface area contributed by atoms with Crippen molar-refractivity contribution in [3.8, 4) is 0 Å². The molecular formula is C29H31F2N5O2. The van der Waals surface area contributed by atoms with Gasteiger partial charge >= 0.3 is 0 Å². The molecule has 2 amide bonds. The number of aromatic nitrogens is 2. The Labute approximate surface area is 220 Å². The largest absolute Gasteiger partial charge is 0.350 e. The number of halogens is 2. The number of rotatable bonds is 8. The number of carbonyl (C=O) groups excluding carboxylic acids is 2. The number of anilines is 1. The molecule has 1 N–H and O–H groups in total. The van der Waals surface area contributed by atoms with Crippen molar-refractivity contribution in [2.75, 3.05) is 25.0 Å². The van der Waals surface area contributed by atoms with Crippen LogP contribution in [-0.2, 0) is 9.59 Å². The first-order valence-corrected chi connectivity index (χ1v) is 12.9. The standard InChI is InChI=1S/C29H31F2N5O2/c1-18-32-13-12-26(33-18)35(2)17-27(37)36-16-22(30)15-25(36)29(38)34-28(20-6-4-3-5-7-20)21-10-11-23(19-8-9-19)24(31)14-21/h3-7,10-14,19,22,25,28H,8-9,15-17H2,1-2H3,(H,34,38)/t22-,25+,28+/m1/s1. The van der Waals surface area contributed by atoms with Crippen molar-refractivity contribution in [1.29, 1.82) is 0 Å². The maximum Gasteiger partial charge on any atom is 0.243 e. The fourth-order valence-corrected chi connectivity index (χ4v) is 5.03. The van der Waals surface area contributed by atoms with Crippen LogP contribution >= 0.6 is 0 Å². The van der Waals surface area contributed by atoms with Gasteiger partial charge in [-0.2, -0.15) is 0 Å². The summed E-state index contributed by atoms with van der Waals surface area (Å²) in [7, 11) is 1.71. The molecule has 0 bridgehead atoms. The van der Waals surface area contributed by atoms with Crippen LogP contribution in [0.1, 0.15) is 53.7 Å². The third-order valence-corrected chi connectivity index (χ3v) is 7.19. The number of hydrogen-bond acceptors (Lipinski definition) is 5. The Balaban J connectivity index is 1.35. The van der Waals surface area contributed by atoms with Crippen LogP contribution in [0.25, 0.3) is 0 Å². The van der Waals surface area contributed by atoms with Gasteiger partial charge < -0.3 is 15.1 Å². The second-order valence-electron chi connectivity index (χ2n) is 10.1. The fraction of sp³-hybridized carbons (Fsp3) is 0.379. The molecule has 3 aromatic rings. The Kier molecular flexibility index (Phi) is 7.35. The van der Waals surface area contributed by atoms with Crippen molar-refractivity contribution in [2.24, 2.45) is 0 Å². The van der Waals surface area contributed by atoms with Crippen molar-refractivity contribution in [2.45, 2.75) is 50.4 Å². The van der Waals surface area contributed by atoms with Crippen LogP contribution in [0.4, 0.5) is 14.6 Å². The number of nitrogens with one attached hydrogen (secondary N) is 1.